The lowest BCUT2D eigenvalue weighted by Crippen LogP contribution is -2.47. The Bertz CT molecular complexity index is 1770. The number of amides is 1. The number of methoxy groups -OCH3 is 1. The maximum absolute atomic E-state index is 14.1. The van der Waals surface area contributed by atoms with Crippen molar-refractivity contribution in [2.75, 3.05) is 76.4 Å². The Morgan fingerprint density at radius 2 is 1.86 bits per heavy atom. The number of allylic oxidation sites excluding steroid dienone is 2. The van der Waals surface area contributed by atoms with Crippen molar-refractivity contribution < 1.29 is 32.2 Å². The molecule has 12 heteroatoms. The molecule has 2 fully saturated rings. The molecule has 4 aliphatic rings. The molecule has 0 aliphatic carbocycles. The van der Waals surface area contributed by atoms with E-state index in [1.54, 1.807) is 6.08 Å². The average molecular weight is 708 g/mol. The fourth-order valence-corrected chi connectivity index (χ4v) is 8.38. The van der Waals surface area contributed by atoms with Crippen molar-refractivity contribution in [1.29, 1.82) is 0 Å². The molecule has 4 heterocycles. The number of rotatable bonds is 9. The van der Waals surface area contributed by atoms with Gasteiger partial charge in [0.25, 0.3) is 5.91 Å². The molecule has 2 N–H and O–H groups in total. The van der Waals surface area contributed by atoms with E-state index in [1.165, 1.54) is 23.3 Å². The first-order valence-electron chi connectivity index (χ1n) is 17.8. The SMILES string of the molecule is CCN(c1cc(-c2ccc3c(c2)N(C)CC32CCOCC2)cc(C(=O)NCC2=C(OC)C=C(C)NC2=C=O)c1C)C1CCN(CC(F)(F)F)CC1. The zero-order chi connectivity index (χ0) is 36.5. The molecular weight excluding hydrogens is 659 g/mol. The van der Waals surface area contributed by atoms with Crippen LogP contribution in [0.15, 0.2) is 59.1 Å². The number of hydrogen-bond acceptors (Lipinski definition) is 8. The molecule has 9 nitrogen and oxygen atoms in total. The molecule has 0 bridgehead atoms. The Balaban J connectivity index is 1.37. The standard InChI is InChI=1S/C39H48F3N5O4/c1-6-47(29-9-13-46(14-10-29)24-39(40,41)42)34-20-28(27-7-8-32-35(19-27)45(4)23-38(32)11-15-51-16-12-38)18-30(26(34)3)37(49)43-21-31-33(22-48)44-25(2)17-36(31)50-5/h7-8,17-20,29,44H,6,9-16,21,23-24H2,1-5H3,(H,43,49). The minimum Gasteiger partial charge on any atom is -0.496 e. The molecule has 0 atom stereocenters. The highest BCUT2D eigenvalue weighted by atomic mass is 19.4. The third kappa shape index (κ3) is 7.54. The molecule has 0 unspecified atom stereocenters. The summed E-state index contributed by atoms with van der Waals surface area (Å²) in [5, 5.41) is 6.01. The summed E-state index contributed by atoms with van der Waals surface area (Å²) in [6, 6.07) is 10.6. The highest BCUT2D eigenvalue weighted by molar-refractivity contribution is 5.99. The van der Waals surface area contributed by atoms with Gasteiger partial charge >= 0.3 is 6.18 Å². The van der Waals surface area contributed by atoms with E-state index in [1.807, 2.05) is 32.8 Å². The van der Waals surface area contributed by atoms with E-state index in [9.17, 15) is 22.8 Å². The number of piperidine rings is 1. The van der Waals surface area contributed by atoms with Crippen molar-refractivity contribution in [3.05, 3.63) is 75.8 Å². The largest absolute Gasteiger partial charge is 0.496 e. The monoisotopic (exact) mass is 707 g/mol. The van der Waals surface area contributed by atoms with Gasteiger partial charge in [0.05, 0.1) is 13.7 Å². The number of hydrogen-bond donors (Lipinski definition) is 2. The van der Waals surface area contributed by atoms with Crippen molar-refractivity contribution in [2.24, 2.45) is 0 Å². The molecule has 0 aromatic heterocycles. The number of nitrogens with one attached hydrogen (secondary N) is 2. The summed E-state index contributed by atoms with van der Waals surface area (Å²) in [6.07, 6.45) is 0.648. The molecule has 2 aromatic rings. The van der Waals surface area contributed by atoms with Crippen molar-refractivity contribution in [3.63, 3.8) is 0 Å². The first kappa shape index (κ1) is 36.5. The van der Waals surface area contributed by atoms with Gasteiger partial charge in [0.2, 0.25) is 0 Å². The maximum atomic E-state index is 14.1. The highest BCUT2D eigenvalue weighted by Gasteiger charge is 2.43. The van der Waals surface area contributed by atoms with Crippen LogP contribution in [0.1, 0.15) is 61.0 Å². The van der Waals surface area contributed by atoms with Crippen LogP contribution in [0.25, 0.3) is 11.1 Å². The topological polar surface area (TPSA) is 86.4 Å². The fourth-order valence-electron chi connectivity index (χ4n) is 8.38. The molecule has 1 amide bonds. The number of likely N-dealkylation sites (N-methyl/N-ethyl adjacent to an activating group) is 1. The van der Waals surface area contributed by atoms with E-state index in [4.69, 9.17) is 9.47 Å². The van der Waals surface area contributed by atoms with Crippen LogP contribution >= 0.6 is 0 Å². The van der Waals surface area contributed by atoms with E-state index in [-0.39, 0.29) is 29.6 Å². The van der Waals surface area contributed by atoms with Crippen LogP contribution in [0.5, 0.6) is 0 Å². The third-order valence-electron chi connectivity index (χ3n) is 11.0. The van der Waals surface area contributed by atoms with Crippen molar-refractivity contribution in [3.8, 4) is 11.1 Å². The number of nitrogens with zero attached hydrogens (tertiary/aromatic N) is 3. The summed E-state index contributed by atoms with van der Waals surface area (Å²) in [5.74, 6) is 2.08. The number of anilines is 2. The number of halogens is 3. The van der Waals surface area contributed by atoms with Crippen LogP contribution < -0.4 is 20.4 Å². The van der Waals surface area contributed by atoms with Crippen molar-refractivity contribution in [2.45, 2.75) is 64.1 Å². The number of benzene rings is 2. The van der Waals surface area contributed by atoms with Gasteiger partial charge in [-0.2, -0.15) is 13.2 Å². The van der Waals surface area contributed by atoms with Crippen LogP contribution in [0, 0.1) is 6.92 Å². The Labute approximate surface area is 298 Å². The van der Waals surface area contributed by atoms with Gasteiger partial charge in [-0.05, 0) is 93.0 Å². The van der Waals surface area contributed by atoms with E-state index in [0.29, 0.717) is 49.4 Å². The molecule has 4 aliphatic heterocycles. The molecule has 6 rings (SSSR count). The number of dihydropyridines is 1. The first-order chi connectivity index (χ1) is 24.4. The maximum Gasteiger partial charge on any atom is 0.401 e. The number of fused-ring (bicyclic) bond motifs is 2. The van der Waals surface area contributed by atoms with Crippen LogP contribution in [-0.4, -0.2) is 95.6 Å². The van der Waals surface area contributed by atoms with Gasteiger partial charge in [-0.15, -0.1) is 0 Å². The van der Waals surface area contributed by atoms with E-state index >= 15 is 0 Å². The number of likely N-dealkylation sites (tertiary alicyclic amines) is 1. The molecular formula is C39H48F3N5O4. The Morgan fingerprint density at radius 1 is 1.14 bits per heavy atom. The minimum atomic E-state index is -4.23. The quantitative estimate of drug-likeness (QED) is 0.314. The number of alkyl halides is 3. The summed E-state index contributed by atoms with van der Waals surface area (Å²) >= 11 is 0. The van der Waals surface area contributed by atoms with Gasteiger partial charge in [0, 0.05) is 92.7 Å². The second kappa shape index (κ2) is 14.8. The smallest absolute Gasteiger partial charge is 0.401 e. The van der Waals surface area contributed by atoms with Gasteiger partial charge in [-0.3, -0.25) is 9.69 Å². The fraction of sp³-hybridized carbons (Fsp3) is 0.513. The van der Waals surface area contributed by atoms with Gasteiger partial charge in [-0.25, -0.2) is 4.79 Å². The number of carbonyl (C=O) groups excluding carboxylic acids is 2. The summed E-state index contributed by atoms with van der Waals surface area (Å²) in [5.41, 5.74) is 7.98. The Kier molecular flexibility index (Phi) is 10.6. The van der Waals surface area contributed by atoms with Gasteiger partial charge in [0.1, 0.15) is 11.5 Å². The predicted molar refractivity (Wildman–Crippen MR) is 193 cm³/mol. The summed E-state index contributed by atoms with van der Waals surface area (Å²) in [4.78, 5) is 32.0. The molecule has 51 heavy (non-hydrogen) atoms. The lowest BCUT2D eigenvalue weighted by Gasteiger charge is -2.40. The predicted octanol–water partition coefficient (Wildman–Crippen LogP) is 5.87. The zero-order valence-electron chi connectivity index (χ0n) is 30.1. The number of carbonyl (C=O) groups is 1. The lowest BCUT2D eigenvalue weighted by molar-refractivity contribution is -0.147. The minimum absolute atomic E-state index is 0.0157. The summed E-state index contributed by atoms with van der Waals surface area (Å²) in [6.45, 7) is 8.65. The van der Waals surface area contributed by atoms with Crippen LogP contribution in [0.4, 0.5) is 24.5 Å². The second-order valence-electron chi connectivity index (χ2n) is 14.2. The van der Waals surface area contributed by atoms with E-state index in [2.05, 4.69) is 51.7 Å². The molecule has 274 valence electrons. The first-order valence-corrected chi connectivity index (χ1v) is 17.8. The third-order valence-corrected chi connectivity index (χ3v) is 11.0. The summed E-state index contributed by atoms with van der Waals surface area (Å²) < 4.78 is 50.7. The van der Waals surface area contributed by atoms with Crippen molar-refractivity contribution >= 4 is 23.2 Å². The van der Waals surface area contributed by atoms with E-state index < -0.39 is 12.7 Å². The van der Waals surface area contributed by atoms with Crippen LogP contribution in [0.2, 0.25) is 0 Å². The lowest BCUT2D eigenvalue weighted by atomic mass is 9.75. The normalized spacial score (nSPS) is 19.4. The van der Waals surface area contributed by atoms with Crippen LogP contribution in [-0.2, 0) is 19.7 Å². The molecule has 0 radical (unpaired) electrons. The Hall–Kier alpha value is -4.25. The van der Waals surface area contributed by atoms with Gasteiger partial charge in [-0.1, -0.05) is 12.1 Å². The Morgan fingerprint density at radius 3 is 2.51 bits per heavy atom. The summed E-state index contributed by atoms with van der Waals surface area (Å²) in [7, 11) is 3.64. The molecule has 1 spiro atoms. The van der Waals surface area contributed by atoms with Gasteiger partial charge in [0.15, 0.2) is 5.94 Å². The molecule has 2 saturated heterocycles. The average Bonchev–Trinajstić information content (AvgIpc) is 3.37. The highest BCUT2D eigenvalue weighted by Crippen LogP contribution is 2.47. The second-order valence-corrected chi connectivity index (χ2v) is 14.2. The van der Waals surface area contributed by atoms with Gasteiger partial charge < -0.3 is 29.9 Å². The zero-order valence-corrected chi connectivity index (χ0v) is 30.1. The van der Waals surface area contributed by atoms with Crippen molar-refractivity contribution in [1.82, 2.24) is 15.5 Å². The van der Waals surface area contributed by atoms with E-state index in [0.717, 1.165) is 60.7 Å². The molecule has 2 aromatic carbocycles. The van der Waals surface area contributed by atoms with Crippen LogP contribution in [0.3, 0.4) is 0 Å². The number of ether oxygens (including phenoxy) is 2. The molecule has 0 saturated carbocycles.